The molecule has 0 amide bonds. The molecule has 2 heteroatoms. The first-order valence-electron chi connectivity index (χ1n) is 5.66. The summed E-state index contributed by atoms with van der Waals surface area (Å²) < 4.78 is 0. The van der Waals surface area contributed by atoms with E-state index in [0.717, 1.165) is 11.8 Å². The molecule has 0 heterocycles. The number of hydrogen-bond acceptors (Lipinski definition) is 1. The minimum Gasteiger partial charge on any atom is -0.310 e. The fourth-order valence-corrected chi connectivity index (χ4v) is 2.63. The first kappa shape index (κ1) is 9.79. The smallest absolute Gasteiger partial charge is 0.0406 e. The summed E-state index contributed by atoms with van der Waals surface area (Å²) in [4.78, 5) is 0. The zero-order chi connectivity index (χ0) is 9.15. The van der Waals surface area contributed by atoms with E-state index in [1.807, 2.05) is 0 Å². The molecule has 0 aromatic carbocycles. The lowest BCUT2D eigenvalue weighted by Crippen LogP contribution is -2.49. The molecule has 2 aliphatic rings. The quantitative estimate of drug-likeness (QED) is 0.690. The lowest BCUT2D eigenvalue weighted by atomic mass is 9.83. The van der Waals surface area contributed by atoms with E-state index in [4.69, 9.17) is 11.6 Å². The SMILES string of the molecule is ClCC1(NCC2CC2)CCCCC1. The van der Waals surface area contributed by atoms with Crippen LogP contribution in [-0.4, -0.2) is 18.0 Å². The molecule has 1 N–H and O–H groups in total. The summed E-state index contributed by atoms with van der Waals surface area (Å²) in [5.74, 6) is 1.78. The van der Waals surface area contributed by atoms with Crippen molar-refractivity contribution in [3.05, 3.63) is 0 Å². The van der Waals surface area contributed by atoms with Crippen molar-refractivity contribution in [3.8, 4) is 0 Å². The van der Waals surface area contributed by atoms with Crippen molar-refractivity contribution < 1.29 is 0 Å². The molecule has 0 radical (unpaired) electrons. The van der Waals surface area contributed by atoms with Crippen LogP contribution in [0.1, 0.15) is 44.9 Å². The summed E-state index contributed by atoms with van der Waals surface area (Å²) in [6.45, 7) is 1.22. The highest BCUT2D eigenvalue weighted by Gasteiger charge is 2.32. The van der Waals surface area contributed by atoms with Crippen molar-refractivity contribution in [2.75, 3.05) is 12.4 Å². The summed E-state index contributed by atoms with van der Waals surface area (Å²) in [5.41, 5.74) is 0.308. The molecule has 0 bridgehead atoms. The molecule has 0 saturated heterocycles. The van der Waals surface area contributed by atoms with Gasteiger partial charge in [0.1, 0.15) is 0 Å². The second-order valence-electron chi connectivity index (χ2n) is 4.80. The molecular formula is C11H20ClN. The van der Waals surface area contributed by atoms with Crippen LogP contribution in [0.15, 0.2) is 0 Å². The maximum Gasteiger partial charge on any atom is 0.0406 e. The standard InChI is InChI=1S/C11H20ClN/c12-9-11(6-2-1-3-7-11)13-8-10-4-5-10/h10,13H,1-9H2. The summed E-state index contributed by atoms with van der Waals surface area (Å²) in [6.07, 6.45) is 9.60. The Kier molecular flexibility index (Phi) is 3.15. The van der Waals surface area contributed by atoms with Crippen molar-refractivity contribution >= 4 is 11.6 Å². The normalized spacial score (nSPS) is 27.5. The Balaban J connectivity index is 1.80. The molecule has 2 rings (SSSR count). The average molecular weight is 202 g/mol. The highest BCUT2D eigenvalue weighted by molar-refractivity contribution is 6.18. The number of halogens is 1. The largest absolute Gasteiger partial charge is 0.310 e. The van der Waals surface area contributed by atoms with E-state index in [-0.39, 0.29) is 0 Å². The molecule has 2 fully saturated rings. The van der Waals surface area contributed by atoms with E-state index in [9.17, 15) is 0 Å². The Labute approximate surface area is 86.2 Å². The number of alkyl halides is 1. The van der Waals surface area contributed by atoms with Crippen molar-refractivity contribution in [1.29, 1.82) is 0 Å². The monoisotopic (exact) mass is 201 g/mol. The molecule has 0 aromatic heterocycles. The van der Waals surface area contributed by atoms with E-state index in [0.29, 0.717) is 5.54 Å². The van der Waals surface area contributed by atoms with Crippen molar-refractivity contribution in [2.45, 2.75) is 50.5 Å². The fourth-order valence-electron chi connectivity index (χ4n) is 2.27. The highest BCUT2D eigenvalue weighted by Crippen LogP contribution is 2.32. The van der Waals surface area contributed by atoms with Crippen LogP contribution < -0.4 is 5.32 Å². The van der Waals surface area contributed by atoms with Gasteiger partial charge in [0, 0.05) is 11.4 Å². The summed E-state index contributed by atoms with van der Waals surface area (Å²) in [7, 11) is 0. The van der Waals surface area contributed by atoms with Crippen LogP contribution in [-0.2, 0) is 0 Å². The molecule has 2 aliphatic carbocycles. The zero-order valence-corrected chi connectivity index (χ0v) is 9.08. The van der Waals surface area contributed by atoms with E-state index in [2.05, 4.69) is 5.32 Å². The molecular weight excluding hydrogens is 182 g/mol. The Morgan fingerprint density at radius 1 is 1.15 bits per heavy atom. The average Bonchev–Trinajstić information content (AvgIpc) is 3.00. The third-order valence-corrected chi connectivity index (χ3v) is 4.04. The minimum absolute atomic E-state index is 0.308. The van der Waals surface area contributed by atoms with Crippen LogP contribution in [0, 0.1) is 5.92 Å². The van der Waals surface area contributed by atoms with E-state index in [1.165, 1.54) is 51.5 Å². The summed E-state index contributed by atoms with van der Waals surface area (Å²) in [5, 5.41) is 3.71. The van der Waals surface area contributed by atoms with E-state index < -0.39 is 0 Å². The van der Waals surface area contributed by atoms with Crippen LogP contribution in [0.5, 0.6) is 0 Å². The predicted molar refractivity (Wildman–Crippen MR) is 57.3 cm³/mol. The number of rotatable bonds is 4. The third kappa shape index (κ3) is 2.60. The molecule has 0 aromatic rings. The first-order valence-corrected chi connectivity index (χ1v) is 6.19. The van der Waals surface area contributed by atoms with Crippen molar-refractivity contribution in [2.24, 2.45) is 5.92 Å². The van der Waals surface area contributed by atoms with Crippen LogP contribution in [0.25, 0.3) is 0 Å². The highest BCUT2D eigenvalue weighted by atomic mass is 35.5. The topological polar surface area (TPSA) is 12.0 Å². The van der Waals surface area contributed by atoms with Gasteiger partial charge in [-0.3, -0.25) is 0 Å². The third-order valence-electron chi connectivity index (χ3n) is 3.53. The Morgan fingerprint density at radius 3 is 2.38 bits per heavy atom. The number of hydrogen-bond donors (Lipinski definition) is 1. The maximum atomic E-state index is 6.08. The van der Waals surface area contributed by atoms with Gasteiger partial charge in [0.15, 0.2) is 0 Å². The van der Waals surface area contributed by atoms with E-state index >= 15 is 0 Å². The van der Waals surface area contributed by atoms with Gasteiger partial charge in [-0.15, -0.1) is 11.6 Å². The van der Waals surface area contributed by atoms with Gasteiger partial charge in [-0.2, -0.15) is 0 Å². The van der Waals surface area contributed by atoms with Crippen LogP contribution in [0.3, 0.4) is 0 Å². The molecule has 2 saturated carbocycles. The first-order chi connectivity index (χ1) is 6.35. The molecule has 13 heavy (non-hydrogen) atoms. The molecule has 0 spiro atoms. The second kappa shape index (κ2) is 4.18. The summed E-state index contributed by atoms with van der Waals surface area (Å²) in [6, 6.07) is 0. The Hall–Kier alpha value is 0.250. The molecule has 0 aliphatic heterocycles. The fraction of sp³-hybridized carbons (Fsp3) is 1.00. The lowest BCUT2D eigenvalue weighted by Gasteiger charge is -2.36. The summed E-state index contributed by atoms with van der Waals surface area (Å²) >= 11 is 6.08. The van der Waals surface area contributed by atoms with Gasteiger partial charge >= 0.3 is 0 Å². The van der Waals surface area contributed by atoms with Crippen LogP contribution in [0.4, 0.5) is 0 Å². The van der Waals surface area contributed by atoms with Crippen molar-refractivity contribution in [1.82, 2.24) is 5.32 Å². The van der Waals surface area contributed by atoms with Gasteiger partial charge in [0.2, 0.25) is 0 Å². The van der Waals surface area contributed by atoms with Crippen molar-refractivity contribution in [3.63, 3.8) is 0 Å². The zero-order valence-electron chi connectivity index (χ0n) is 8.32. The van der Waals surface area contributed by atoms with Gasteiger partial charge in [-0.25, -0.2) is 0 Å². The molecule has 76 valence electrons. The van der Waals surface area contributed by atoms with Gasteiger partial charge in [-0.1, -0.05) is 19.3 Å². The number of nitrogens with one attached hydrogen (secondary N) is 1. The minimum atomic E-state index is 0.308. The van der Waals surface area contributed by atoms with Crippen LogP contribution in [0.2, 0.25) is 0 Å². The lowest BCUT2D eigenvalue weighted by molar-refractivity contribution is 0.256. The Bertz CT molecular complexity index is 159. The van der Waals surface area contributed by atoms with Crippen LogP contribution >= 0.6 is 11.6 Å². The van der Waals surface area contributed by atoms with Gasteiger partial charge in [0.25, 0.3) is 0 Å². The molecule has 0 atom stereocenters. The van der Waals surface area contributed by atoms with E-state index in [1.54, 1.807) is 0 Å². The van der Waals surface area contributed by atoms with Gasteiger partial charge in [0.05, 0.1) is 0 Å². The predicted octanol–water partition coefficient (Wildman–Crippen LogP) is 2.93. The van der Waals surface area contributed by atoms with Gasteiger partial charge < -0.3 is 5.32 Å². The van der Waals surface area contributed by atoms with Gasteiger partial charge in [-0.05, 0) is 38.1 Å². The molecule has 0 unspecified atom stereocenters. The Morgan fingerprint density at radius 2 is 1.85 bits per heavy atom. The second-order valence-corrected chi connectivity index (χ2v) is 5.07. The maximum absolute atomic E-state index is 6.08. The molecule has 1 nitrogen and oxygen atoms in total.